The third kappa shape index (κ3) is 4.08. The lowest BCUT2D eigenvalue weighted by Gasteiger charge is -2.26. The van der Waals surface area contributed by atoms with Crippen LogP contribution in [0.1, 0.15) is 27.7 Å². The van der Waals surface area contributed by atoms with Crippen molar-refractivity contribution in [2.45, 2.75) is 39.3 Å². The predicted molar refractivity (Wildman–Crippen MR) is 49.4 cm³/mol. The average Bonchev–Trinajstić information content (AvgIpc) is 1.98. The summed E-state index contributed by atoms with van der Waals surface area (Å²) in [4.78, 5) is 21.7. The van der Waals surface area contributed by atoms with Crippen molar-refractivity contribution in [3.05, 3.63) is 0 Å². The number of hydrazine groups is 1. The molecule has 0 fully saturated rings. The van der Waals surface area contributed by atoms with Gasteiger partial charge in [-0.1, -0.05) is 0 Å². The van der Waals surface area contributed by atoms with Gasteiger partial charge in [0, 0.05) is 0 Å². The van der Waals surface area contributed by atoms with Crippen molar-refractivity contribution in [1.29, 1.82) is 0 Å². The Morgan fingerprint density at radius 2 is 1.86 bits per heavy atom. The van der Waals surface area contributed by atoms with Crippen LogP contribution in [0.2, 0.25) is 0 Å². The van der Waals surface area contributed by atoms with Gasteiger partial charge in [-0.3, -0.25) is 0 Å². The van der Waals surface area contributed by atoms with Gasteiger partial charge in [-0.25, -0.2) is 20.4 Å². The zero-order valence-corrected chi connectivity index (χ0v) is 8.77. The molecule has 0 saturated heterocycles. The molecule has 3 N–H and O–H groups in total. The van der Waals surface area contributed by atoms with Crippen molar-refractivity contribution >= 4 is 12.1 Å². The van der Waals surface area contributed by atoms with E-state index in [1.165, 1.54) is 6.92 Å². The Morgan fingerprint density at radius 1 is 1.43 bits per heavy atom. The molecule has 0 aliphatic heterocycles. The minimum Gasteiger partial charge on any atom is -0.480 e. The number of nitrogens with two attached hydrogens (primary N) is 1. The zero-order valence-electron chi connectivity index (χ0n) is 8.77. The number of carbonyl (C=O) groups excluding carboxylic acids is 1. The normalized spacial score (nSPS) is 13.2. The molecule has 0 aromatic carbocycles. The largest absolute Gasteiger partial charge is 0.480 e. The summed E-state index contributed by atoms with van der Waals surface area (Å²) in [5, 5.41) is 9.12. The number of hydrogen-bond donors (Lipinski definition) is 2. The van der Waals surface area contributed by atoms with Crippen LogP contribution in [-0.2, 0) is 9.53 Å². The summed E-state index contributed by atoms with van der Waals surface area (Å²) >= 11 is 0. The van der Waals surface area contributed by atoms with E-state index in [0.29, 0.717) is 5.01 Å². The highest BCUT2D eigenvalue weighted by Crippen LogP contribution is 2.09. The molecule has 1 atom stereocenters. The number of ether oxygens (including phenoxy) is 1. The summed E-state index contributed by atoms with van der Waals surface area (Å²) in [5.41, 5.74) is -0.688. The molecular weight excluding hydrogens is 188 g/mol. The van der Waals surface area contributed by atoms with Crippen LogP contribution in [0.5, 0.6) is 0 Å². The number of amides is 1. The number of rotatable bonds is 2. The first kappa shape index (κ1) is 12.7. The first-order valence-electron chi connectivity index (χ1n) is 4.15. The number of carboxylic acids is 1. The molecule has 14 heavy (non-hydrogen) atoms. The molecule has 0 spiro atoms. The summed E-state index contributed by atoms with van der Waals surface area (Å²) in [7, 11) is 0. The molecule has 0 aliphatic rings. The van der Waals surface area contributed by atoms with Gasteiger partial charge in [0.15, 0.2) is 0 Å². The van der Waals surface area contributed by atoms with E-state index in [4.69, 9.17) is 15.7 Å². The quantitative estimate of drug-likeness (QED) is 0.389. The monoisotopic (exact) mass is 204 g/mol. The van der Waals surface area contributed by atoms with E-state index < -0.39 is 23.7 Å². The Labute approximate surface area is 82.6 Å². The maximum Gasteiger partial charge on any atom is 0.425 e. The van der Waals surface area contributed by atoms with Crippen LogP contribution in [0, 0.1) is 0 Å². The third-order valence-electron chi connectivity index (χ3n) is 1.38. The lowest BCUT2D eigenvalue weighted by molar-refractivity contribution is -0.142. The molecular formula is C8H16N2O4. The molecule has 0 aromatic rings. The van der Waals surface area contributed by atoms with E-state index in [1.807, 2.05) is 0 Å². The summed E-state index contributed by atoms with van der Waals surface area (Å²) < 4.78 is 4.87. The number of hydrogen-bond acceptors (Lipinski definition) is 4. The van der Waals surface area contributed by atoms with Crippen LogP contribution in [0.15, 0.2) is 0 Å². The minimum atomic E-state index is -1.18. The fourth-order valence-corrected chi connectivity index (χ4v) is 0.592. The van der Waals surface area contributed by atoms with Crippen LogP contribution in [-0.4, -0.2) is 33.8 Å². The van der Waals surface area contributed by atoms with Gasteiger partial charge in [-0.05, 0) is 27.7 Å². The molecule has 6 nitrogen and oxygen atoms in total. The SMILES string of the molecule is C[C@@H](C(=O)O)N(N)C(=O)OC(C)(C)C. The van der Waals surface area contributed by atoms with Crippen molar-refractivity contribution in [2.75, 3.05) is 0 Å². The molecule has 0 bridgehead atoms. The van der Waals surface area contributed by atoms with Crippen LogP contribution < -0.4 is 5.84 Å². The first-order chi connectivity index (χ1) is 6.15. The molecule has 6 heteroatoms. The van der Waals surface area contributed by atoms with Gasteiger partial charge < -0.3 is 9.84 Å². The lowest BCUT2D eigenvalue weighted by atomic mass is 10.2. The van der Waals surface area contributed by atoms with Crippen LogP contribution >= 0.6 is 0 Å². The van der Waals surface area contributed by atoms with E-state index in [-0.39, 0.29) is 0 Å². The van der Waals surface area contributed by atoms with Gasteiger partial charge in [-0.15, -0.1) is 0 Å². The van der Waals surface area contributed by atoms with Gasteiger partial charge in [0.05, 0.1) is 0 Å². The fraction of sp³-hybridized carbons (Fsp3) is 0.750. The Hall–Kier alpha value is -1.30. The van der Waals surface area contributed by atoms with Gasteiger partial charge in [0.25, 0.3) is 0 Å². The topological polar surface area (TPSA) is 92.9 Å². The van der Waals surface area contributed by atoms with E-state index in [1.54, 1.807) is 20.8 Å². The molecule has 1 amide bonds. The van der Waals surface area contributed by atoms with Crippen LogP contribution in [0.3, 0.4) is 0 Å². The van der Waals surface area contributed by atoms with E-state index >= 15 is 0 Å². The van der Waals surface area contributed by atoms with Crippen LogP contribution in [0.25, 0.3) is 0 Å². The average molecular weight is 204 g/mol. The predicted octanol–water partition coefficient (Wildman–Crippen LogP) is 0.570. The number of aliphatic carboxylic acids is 1. The fourth-order valence-electron chi connectivity index (χ4n) is 0.592. The van der Waals surface area contributed by atoms with Crippen molar-refractivity contribution in [1.82, 2.24) is 5.01 Å². The second-order valence-electron chi connectivity index (χ2n) is 3.90. The maximum absolute atomic E-state index is 11.2. The minimum absolute atomic E-state index is 0.549. The highest BCUT2D eigenvalue weighted by molar-refractivity contribution is 5.79. The molecule has 82 valence electrons. The van der Waals surface area contributed by atoms with Gasteiger partial charge >= 0.3 is 12.1 Å². The standard InChI is InChI=1S/C8H16N2O4/c1-5(6(11)12)10(9)7(13)14-8(2,3)4/h5H,9H2,1-4H3,(H,11,12)/t5-/m0/s1. The van der Waals surface area contributed by atoms with Crippen molar-refractivity contribution in [3.63, 3.8) is 0 Å². The van der Waals surface area contributed by atoms with Gasteiger partial charge in [-0.2, -0.15) is 0 Å². The molecule has 0 radical (unpaired) electrons. The third-order valence-corrected chi connectivity index (χ3v) is 1.38. The Bertz CT molecular complexity index is 234. The molecule has 0 unspecified atom stereocenters. The first-order valence-corrected chi connectivity index (χ1v) is 4.15. The molecule has 0 saturated carbocycles. The van der Waals surface area contributed by atoms with Gasteiger partial charge in [0.2, 0.25) is 0 Å². The number of nitrogens with zero attached hydrogens (tertiary/aromatic N) is 1. The summed E-state index contributed by atoms with van der Waals surface area (Å²) in [6.45, 7) is 6.31. The molecule has 0 heterocycles. The molecule has 0 aromatic heterocycles. The van der Waals surface area contributed by atoms with Crippen molar-refractivity contribution in [2.24, 2.45) is 5.84 Å². The summed E-state index contributed by atoms with van der Waals surface area (Å²) in [5.74, 6) is 4.06. The second kappa shape index (κ2) is 4.28. The Balaban J connectivity index is 4.33. The van der Waals surface area contributed by atoms with Gasteiger partial charge in [0.1, 0.15) is 11.6 Å². The number of carbonyl (C=O) groups is 2. The Morgan fingerprint density at radius 3 is 2.14 bits per heavy atom. The lowest BCUT2D eigenvalue weighted by Crippen LogP contribution is -2.49. The van der Waals surface area contributed by atoms with Crippen molar-refractivity contribution < 1.29 is 19.4 Å². The van der Waals surface area contributed by atoms with E-state index in [9.17, 15) is 9.59 Å². The second-order valence-corrected chi connectivity index (χ2v) is 3.90. The summed E-state index contributed by atoms with van der Waals surface area (Å²) in [6, 6.07) is -1.11. The Kier molecular flexibility index (Phi) is 3.88. The smallest absolute Gasteiger partial charge is 0.425 e. The van der Waals surface area contributed by atoms with Crippen LogP contribution in [0.4, 0.5) is 4.79 Å². The molecule has 0 aliphatic carbocycles. The van der Waals surface area contributed by atoms with E-state index in [0.717, 1.165) is 0 Å². The maximum atomic E-state index is 11.2. The molecule has 0 rings (SSSR count). The number of carboxylic acid groups (broad SMARTS) is 1. The zero-order chi connectivity index (χ0) is 11.5. The summed E-state index contributed by atoms with van der Waals surface area (Å²) in [6.07, 6.45) is -0.854. The highest BCUT2D eigenvalue weighted by atomic mass is 16.6. The highest BCUT2D eigenvalue weighted by Gasteiger charge is 2.27. The van der Waals surface area contributed by atoms with Crippen molar-refractivity contribution in [3.8, 4) is 0 Å². The van der Waals surface area contributed by atoms with E-state index in [2.05, 4.69) is 0 Å².